The highest BCUT2D eigenvalue weighted by atomic mass is 32.2. The van der Waals surface area contributed by atoms with Gasteiger partial charge in [0, 0.05) is 29.5 Å². The maximum Gasteiger partial charge on any atom is 0.253 e. The molecular formula is C15H16N2OS3. The molecule has 0 saturated carbocycles. The summed E-state index contributed by atoms with van der Waals surface area (Å²) in [5.74, 6) is 2.47. The smallest absolute Gasteiger partial charge is 0.253 e. The van der Waals surface area contributed by atoms with Crippen LogP contribution in [0.1, 0.15) is 26.2 Å². The molecule has 1 aromatic carbocycles. The van der Waals surface area contributed by atoms with Crippen LogP contribution in [0.25, 0.3) is 0 Å². The Labute approximate surface area is 137 Å². The molecule has 1 aliphatic heterocycles. The molecule has 0 N–H and O–H groups in total. The van der Waals surface area contributed by atoms with Gasteiger partial charge in [0.2, 0.25) is 0 Å². The van der Waals surface area contributed by atoms with Crippen molar-refractivity contribution >= 4 is 40.8 Å². The molecule has 0 atom stereocenters. The van der Waals surface area contributed by atoms with Crippen LogP contribution >= 0.6 is 34.9 Å². The van der Waals surface area contributed by atoms with E-state index in [0.717, 1.165) is 11.3 Å². The summed E-state index contributed by atoms with van der Waals surface area (Å²) in [6, 6.07) is 8.04. The van der Waals surface area contributed by atoms with Crippen molar-refractivity contribution in [1.82, 2.24) is 9.88 Å². The van der Waals surface area contributed by atoms with Crippen LogP contribution in [-0.4, -0.2) is 34.3 Å². The number of thiazole rings is 1. The van der Waals surface area contributed by atoms with Gasteiger partial charge in [-0.2, -0.15) is 0 Å². The molecule has 0 unspecified atom stereocenters. The number of hydrogen-bond acceptors (Lipinski definition) is 5. The van der Waals surface area contributed by atoms with Crippen molar-refractivity contribution in [2.24, 2.45) is 0 Å². The molecule has 0 bridgehead atoms. The average molecular weight is 337 g/mol. The third-order valence-electron chi connectivity index (χ3n) is 3.28. The normalized spacial score (nSPS) is 15.3. The zero-order chi connectivity index (χ0) is 14.7. The van der Waals surface area contributed by atoms with Crippen LogP contribution in [0.5, 0.6) is 0 Å². The first-order valence-corrected chi connectivity index (χ1v) is 9.74. The third-order valence-corrected chi connectivity index (χ3v) is 7.02. The fraction of sp³-hybridized carbons (Fsp3) is 0.333. The van der Waals surface area contributed by atoms with E-state index >= 15 is 0 Å². The summed E-state index contributed by atoms with van der Waals surface area (Å²) in [5, 5.41) is 1.97. The molecule has 2 aromatic rings. The zero-order valence-corrected chi connectivity index (χ0v) is 14.1. The second-order valence-electron chi connectivity index (χ2n) is 4.84. The second-order valence-corrected chi connectivity index (χ2v) is 8.28. The van der Waals surface area contributed by atoms with Gasteiger partial charge in [0.1, 0.15) is 0 Å². The van der Waals surface area contributed by atoms with Crippen LogP contribution in [0.3, 0.4) is 0 Å². The van der Waals surface area contributed by atoms with Crippen LogP contribution in [0, 0.1) is 0 Å². The lowest BCUT2D eigenvalue weighted by atomic mass is 10.1. The number of carbonyl (C=O) groups excluding carboxylic acids is 1. The van der Waals surface area contributed by atoms with E-state index in [1.54, 1.807) is 21.7 Å². The molecule has 1 aliphatic rings. The number of hydrogen-bond donors (Lipinski definition) is 0. The Morgan fingerprint density at radius 1 is 1.29 bits per heavy atom. The van der Waals surface area contributed by atoms with Gasteiger partial charge in [0.05, 0.1) is 22.3 Å². The van der Waals surface area contributed by atoms with Crippen molar-refractivity contribution in [2.45, 2.75) is 11.1 Å². The average Bonchev–Trinajstić information content (AvgIpc) is 3.20. The van der Waals surface area contributed by atoms with Gasteiger partial charge in [0.25, 0.3) is 5.91 Å². The van der Waals surface area contributed by atoms with E-state index in [2.05, 4.69) is 17.1 Å². The second kappa shape index (κ2) is 6.85. The maximum absolute atomic E-state index is 12.4. The molecule has 0 radical (unpaired) electrons. The summed E-state index contributed by atoms with van der Waals surface area (Å²) < 4.78 is 0.530. The van der Waals surface area contributed by atoms with E-state index < -0.39 is 0 Å². The molecule has 6 heteroatoms. The van der Waals surface area contributed by atoms with Crippen molar-refractivity contribution in [3.63, 3.8) is 0 Å². The summed E-state index contributed by atoms with van der Waals surface area (Å²) in [7, 11) is 1.82. The number of amides is 1. The van der Waals surface area contributed by atoms with E-state index in [4.69, 9.17) is 0 Å². The molecule has 1 aromatic heterocycles. The van der Waals surface area contributed by atoms with Crippen molar-refractivity contribution in [3.8, 4) is 0 Å². The van der Waals surface area contributed by atoms with Crippen LogP contribution in [0.2, 0.25) is 0 Å². The zero-order valence-electron chi connectivity index (χ0n) is 11.7. The van der Waals surface area contributed by atoms with Crippen molar-refractivity contribution in [3.05, 3.63) is 52.0 Å². The van der Waals surface area contributed by atoms with Gasteiger partial charge < -0.3 is 4.90 Å². The Bertz CT molecular complexity index is 592. The highest BCUT2D eigenvalue weighted by Crippen LogP contribution is 2.45. The maximum atomic E-state index is 12.4. The number of aromatic nitrogens is 1. The van der Waals surface area contributed by atoms with Crippen LogP contribution in [-0.2, 0) is 6.54 Å². The van der Waals surface area contributed by atoms with Gasteiger partial charge in [0.15, 0.2) is 0 Å². The minimum absolute atomic E-state index is 0.0429. The highest BCUT2D eigenvalue weighted by molar-refractivity contribution is 8.19. The molecule has 3 nitrogen and oxygen atoms in total. The topological polar surface area (TPSA) is 33.2 Å². The van der Waals surface area contributed by atoms with Crippen LogP contribution in [0.15, 0.2) is 35.2 Å². The lowest BCUT2D eigenvalue weighted by Gasteiger charge is -2.16. The molecule has 1 fully saturated rings. The molecule has 0 spiro atoms. The van der Waals surface area contributed by atoms with Crippen LogP contribution in [0.4, 0.5) is 0 Å². The van der Waals surface area contributed by atoms with Gasteiger partial charge in [-0.15, -0.1) is 34.9 Å². The molecule has 110 valence electrons. The minimum Gasteiger partial charge on any atom is -0.336 e. The fourth-order valence-electron chi connectivity index (χ4n) is 2.18. The summed E-state index contributed by atoms with van der Waals surface area (Å²) >= 11 is 5.51. The molecular weight excluding hydrogens is 320 g/mol. The predicted molar refractivity (Wildman–Crippen MR) is 92.0 cm³/mol. The van der Waals surface area contributed by atoms with E-state index in [-0.39, 0.29) is 5.91 Å². The quantitative estimate of drug-likeness (QED) is 0.848. The SMILES string of the molecule is CN(Cc1cscn1)C(=O)c1ccc(C2SCCS2)cc1. The van der Waals surface area contributed by atoms with E-state index in [0.29, 0.717) is 11.1 Å². The number of carbonyl (C=O) groups is 1. The Morgan fingerprint density at radius 3 is 2.62 bits per heavy atom. The fourth-order valence-corrected chi connectivity index (χ4v) is 5.59. The number of nitrogens with zero attached hydrogens (tertiary/aromatic N) is 2. The van der Waals surface area contributed by atoms with E-state index in [9.17, 15) is 4.79 Å². The number of benzene rings is 1. The predicted octanol–water partition coefficient (Wildman–Crippen LogP) is 3.89. The Kier molecular flexibility index (Phi) is 4.87. The highest BCUT2D eigenvalue weighted by Gasteiger charge is 2.19. The summed E-state index contributed by atoms with van der Waals surface area (Å²) in [5.41, 5.74) is 4.77. The summed E-state index contributed by atoms with van der Waals surface area (Å²) in [4.78, 5) is 18.3. The van der Waals surface area contributed by atoms with Gasteiger partial charge in [-0.25, -0.2) is 4.98 Å². The monoisotopic (exact) mass is 336 g/mol. The van der Waals surface area contributed by atoms with E-state index in [1.165, 1.54) is 17.1 Å². The lowest BCUT2D eigenvalue weighted by molar-refractivity contribution is 0.0783. The molecule has 1 amide bonds. The molecule has 21 heavy (non-hydrogen) atoms. The Balaban J connectivity index is 1.66. The Morgan fingerprint density at radius 2 is 2.00 bits per heavy atom. The van der Waals surface area contributed by atoms with Gasteiger partial charge in [-0.1, -0.05) is 12.1 Å². The third kappa shape index (κ3) is 3.62. The first kappa shape index (κ1) is 14.9. The van der Waals surface area contributed by atoms with Gasteiger partial charge in [-0.05, 0) is 17.7 Å². The first-order chi connectivity index (χ1) is 10.2. The minimum atomic E-state index is 0.0429. The lowest BCUT2D eigenvalue weighted by Crippen LogP contribution is -2.26. The van der Waals surface area contributed by atoms with E-state index in [1.807, 2.05) is 48.1 Å². The number of rotatable bonds is 4. The van der Waals surface area contributed by atoms with Crippen molar-refractivity contribution < 1.29 is 4.79 Å². The van der Waals surface area contributed by atoms with Gasteiger partial charge in [-0.3, -0.25) is 4.79 Å². The van der Waals surface area contributed by atoms with Crippen molar-refractivity contribution in [1.29, 1.82) is 0 Å². The molecule has 2 heterocycles. The molecule has 1 saturated heterocycles. The standard InChI is InChI=1S/C15H16N2OS3/c1-17(8-13-9-19-10-16-13)14(18)11-2-4-12(5-3-11)15-20-6-7-21-15/h2-5,9-10,15H,6-8H2,1H3. The summed E-state index contributed by atoms with van der Waals surface area (Å²) in [6.45, 7) is 0.554. The Hall–Kier alpha value is -0.980. The van der Waals surface area contributed by atoms with Gasteiger partial charge >= 0.3 is 0 Å². The first-order valence-electron chi connectivity index (χ1n) is 6.70. The largest absolute Gasteiger partial charge is 0.336 e. The molecule has 0 aliphatic carbocycles. The summed E-state index contributed by atoms with van der Waals surface area (Å²) in [6.07, 6.45) is 0. The number of thioether (sulfide) groups is 2. The van der Waals surface area contributed by atoms with Crippen molar-refractivity contribution in [2.75, 3.05) is 18.6 Å². The molecule has 3 rings (SSSR count). The van der Waals surface area contributed by atoms with Crippen LogP contribution < -0.4 is 0 Å².